The first-order chi connectivity index (χ1) is 13.7. The van der Waals surface area contributed by atoms with Crippen LogP contribution in [0.3, 0.4) is 0 Å². The number of hydrogen-bond acceptors (Lipinski definition) is 6. The Morgan fingerprint density at radius 3 is 2.41 bits per heavy atom. The molecule has 2 amide bonds. The van der Waals surface area contributed by atoms with Crippen molar-refractivity contribution in [3.63, 3.8) is 0 Å². The van der Waals surface area contributed by atoms with Crippen molar-refractivity contribution in [2.45, 2.75) is 46.1 Å². The summed E-state index contributed by atoms with van der Waals surface area (Å²) in [6, 6.07) is 7.82. The minimum atomic E-state index is -0.523. The molecule has 1 fully saturated rings. The summed E-state index contributed by atoms with van der Waals surface area (Å²) in [6.07, 6.45) is 0.352. The van der Waals surface area contributed by atoms with Crippen molar-refractivity contribution in [1.82, 2.24) is 19.9 Å². The Hall–Kier alpha value is -2.90. The minimum absolute atomic E-state index is 0.0180. The lowest BCUT2D eigenvalue weighted by atomic mass is 10.1. The summed E-state index contributed by atoms with van der Waals surface area (Å²) in [4.78, 5) is 32.4. The fraction of sp³-hybridized carbons (Fsp3) is 0.524. The zero-order valence-electron chi connectivity index (χ0n) is 17.5. The van der Waals surface area contributed by atoms with Crippen LogP contribution in [0.15, 0.2) is 28.8 Å². The van der Waals surface area contributed by atoms with Gasteiger partial charge in [-0.25, -0.2) is 4.79 Å². The van der Waals surface area contributed by atoms with Crippen LogP contribution in [-0.2, 0) is 16.0 Å². The molecule has 0 atom stereocenters. The van der Waals surface area contributed by atoms with Crippen molar-refractivity contribution >= 4 is 12.0 Å². The average molecular weight is 400 g/mol. The third-order valence-corrected chi connectivity index (χ3v) is 4.69. The monoisotopic (exact) mass is 400 g/mol. The van der Waals surface area contributed by atoms with Crippen LogP contribution in [0.4, 0.5) is 4.79 Å². The highest BCUT2D eigenvalue weighted by Gasteiger charge is 2.27. The predicted octanol–water partition coefficient (Wildman–Crippen LogP) is 3.06. The van der Waals surface area contributed by atoms with E-state index in [0.717, 1.165) is 11.1 Å². The molecule has 1 aliphatic heterocycles. The molecule has 1 aromatic carbocycles. The number of nitrogens with zero attached hydrogens (tertiary/aromatic N) is 4. The van der Waals surface area contributed by atoms with Gasteiger partial charge in [0.2, 0.25) is 17.6 Å². The topological polar surface area (TPSA) is 88.8 Å². The SMILES string of the molecule is Cc1ccccc1-c1noc(CCC(=O)N2CCN(C(=O)OC(C)(C)C)CC2)n1. The number of benzene rings is 1. The molecule has 1 aromatic heterocycles. The van der Waals surface area contributed by atoms with Crippen molar-refractivity contribution in [2.75, 3.05) is 26.2 Å². The number of hydrogen-bond donors (Lipinski definition) is 0. The largest absolute Gasteiger partial charge is 0.444 e. The van der Waals surface area contributed by atoms with Gasteiger partial charge in [-0.3, -0.25) is 4.79 Å². The second kappa shape index (κ2) is 8.63. The third-order valence-electron chi connectivity index (χ3n) is 4.69. The van der Waals surface area contributed by atoms with Crippen molar-refractivity contribution in [1.29, 1.82) is 0 Å². The van der Waals surface area contributed by atoms with Gasteiger partial charge in [-0.05, 0) is 33.3 Å². The Kier molecular flexibility index (Phi) is 6.20. The number of ether oxygens (including phenoxy) is 1. The Morgan fingerprint density at radius 1 is 1.10 bits per heavy atom. The van der Waals surface area contributed by atoms with E-state index in [1.807, 2.05) is 52.0 Å². The zero-order chi connectivity index (χ0) is 21.0. The molecular formula is C21H28N4O4. The maximum atomic E-state index is 12.5. The normalized spacial score (nSPS) is 14.8. The number of carbonyl (C=O) groups is 2. The third kappa shape index (κ3) is 5.56. The summed E-state index contributed by atoms with van der Waals surface area (Å²) in [6.45, 7) is 9.45. The lowest BCUT2D eigenvalue weighted by Crippen LogP contribution is -2.51. The van der Waals surface area contributed by atoms with Crippen LogP contribution in [0.5, 0.6) is 0 Å². The van der Waals surface area contributed by atoms with Crippen LogP contribution in [0, 0.1) is 6.92 Å². The molecule has 0 aliphatic carbocycles. The Labute approximate surface area is 170 Å². The molecule has 1 aliphatic rings. The molecule has 1 saturated heterocycles. The van der Waals surface area contributed by atoms with Crippen molar-refractivity contribution in [3.8, 4) is 11.4 Å². The van der Waals surface area contributed by atoms with E-state index < -0.39 is 5.60 Å². The van der Waals surface area contributed by atoms with E-state index in [1.165, 1.54) is 0 Å². The van der Waals surface area contributed by atoms with Crippen molar-refractivity contribution in [2.24, 2.45) is 0 Å². The number of aromatic nitrogens is 2. The zero-order valence-corrected chi connectivity index (χ0v) is 17.5. The number of amides is 2. The molecular weight excluding hydrogens is 372 g/mol. The lowest BCUT2D eigenvalue weighted by Gasteiger charge is -2.35. The number of piperazine rings is 1. The highest BCUT2D eigenvalue weighted by atomic mass is 16.6. The number of carbonyl (C=O) groups excluding carboxylic acids is 2. The van der Waals surface area contributed by atoms with Crippen LogP contribution < -0.4 is 0 Å². The summed E-state index contributed by atoms with van der Waals surface area (Å²) in [5.74, 6) is 1.00. The van der Waals surface area contributed by atoms with Crippen LogP contribution >= 0.6 is 0 Å². The first-order valence-corrected chi connectivity index (χ1v) is 9.87. The molecule has 3 rings (SSSR count). The van der Waals surface area contributed by atoms with Crippen molar-refractivity contribution in [3.05, 3.63) is 35.7 Å². The summed E-state index contributed by atoms with van der Waals surface area (Å²) in [5, 5.41) is 4.03. The van der Waals surface area contributed by atoms with E-state index in [4.69, 9.17) is 9.26 Å². The molecule has 8 nitrogen and oxygen atoms in total. The van der Waals surface area contributed by atoms with Gasteiger partial charge in [-0.2, -0.15) is 4.98 Å². The molecule has 0 saturated carbocycles. The van der Waals surface area contributed by atoms with Crippen LogP contribution in [-0.4, -0.2) is 63.7 Å². The predicted molar refractivity (Wildman–Crippen MR) is 107 cm³/mol. The van der Waals surface area contributed by atoms with Gasteiger partial charge in [0.15, 0.2) is 0 Å². The second-order valence-electron chi connectivity index (χ2n) is 8.17. The van der Waals surface area contributed by atoms with Gasteiger partial charge in [0.1, 0.15) is 5.60 Å². The summed E-state index contributed by atoms with van der Waals surface area (Å²) in [5.41, 5.74) is 1.47. The van der Waals surface area contributed by atoms with E-state index in [9.17, 15) is 9.59 Å². The van der Waals surface area contributed by atoms with E-state index in [-0.39, 0.29) is 12.0 Å². The first kappa shape index (κ1) is 20.8. The van der Waals surface area contributed by atoms with Crippen LogP contribution in [0.1, 0.15) is 38.6 Å². The molecule has 156 valence electrons. The highest BCUT2D eigenvalue weighted by molar-refractivity contribution is 5.77. The molecule has 2 aromatic rings. The molecule has 0 N–H and O–H groups in total. The Morgan fingerprint density at radius 2 is 1.76 bits per heavy atom. The highest BCUT2D eigenvalue weighted by Crippen LogP contribution is 2.20. The minimum Gasteiger partial charge on any atom is -0.444 e. The molecule has 0 spiro atoms. The van der Waals surface area contributed by atoms with Gasteiger partial charge < -0.3 is 19.1 Å². The molecule has 2 heterocycles. The smallest absolute Gasteiger partial charge is 0.410 e. The molecule has 29 heavy (non-hydrogen) atoms. The summed E-state index contributed by atoms with van der Waals surface area (Å²) < 4.78 is 10.7. The number of rotatable bonds is 4. The summed E-state index contributed by atoms with van der Waals surface area (Å²) in [7, 11) is 0. The summed E-state index contributed by atoms with van der Waals surface area (Å²) >= 11 is 0. The Balaban J connectivity index is 1.48. The number of aryl methyl sites for hydroxylation is 2. The standard InChI is InChI=1S/C21H28N4O4/c1-15-7-5-6-8-16(15)19-22-17(29-23-19)9-10-18(26)24-11-13-25(14-12-24)20(27)28-21(2,3)4/h5-8H,9-14H2,1-4H3. The van der Waals surface area contributed by atoms with E-state index in [0.29, 0.717) is 50.7 Å². The van der Waals surface area contributed by atoms with Crippen LogP contribution in [0.2, 0.25) is 0 Å². The van der Waals surface area contributed by atoms with Gasteiger partial charge in [-0.15, -0.1) is 0 Å². The fourth-order valence-corrected chi connectivity index (χ4v) is 3.13. The van der Waals surface area contributed by atoms with Gasteiger partial charge in [0.05, 0.1) is 0 Å². The maximum Gasteiger partial charge on any atom is 0.410 e. The van der Waals surface area contributed by atoms with Crippen LogP contribution in [0.25, 0.3) is 11.4 Å². The van der Waals surface area contributed by atoms with E-state index in [2.05, 4.69) is 10.1 Å². The second-order valence-corrected chi connectivity index (χ2v) is 8.17. The van der Waals surface area contributed by atoms with Gasteiger partial charge in [-0.1, -0.05) is 29.4 Å². The van der Waals surface area contributed by atoms with Gasteiger partial charge in [0.25, 0.3) is 0 Å². The average Bonchev–Trinajstić information content (AvgIpc) is 3.14. The molecule has 0 unspecified atom stereocenters. The molecule has 0 bridgehead atoms. The maximum absolute atomic E-state index is 12.5. The lowest BCUT2D eigenvalue weighted by molar-refractivity contribution is -0.133. The fourth-order valence-electron chi connectivity index (χ4n) is 3.13. The molecule has 0 radical (unpaired) electrons. The quantitative estimate of drug-likeness (QED) is 0.784. The van der Waals surface area contributed by atoms with E-state index >= 15 is 0 Å². The van der Waals surface area contributed by atoms with Gasteiger partial charge in [0, 0.05) is 44.6 Å². The van der Waals surface area contributed by atoms with Crippen molar-refractivity contribution < 1.29 is 18.8 Å². The van der Waals surface area contributed by atoms with E-state index in [1.54, 1.807) is 9.80 Å². The van der Waals surface area contributed by atoms with Gasteiger partial charge >= 0.3 is 6.09 Å². The Bertz CT molecular complexity index is 864. The molecule has 8 heteroatoms. The first-order valence-electron chi connectivity index (χ1n) is 9.87.